The first-order chi connectivity index (χ1) is 17.5. The Labute approximate surface area is 209 Å². The van der Waals surface area contributed by atoms with Crippen LogP contribution in [0.1, 0.15) is 27.2 Å². The molecule has 0 spiro atoms. The summed E-state index contributed by atoms with van der Waals surface area (Å²) in [5.41, 5.74) is 3.63. The van der Waals surface area contributed by atoms with Crippen molar-refractivity contribution in [1.82, 2.24) is 14.9 Å². The second-order valence-electron chi connectivity index (χ2n) is 8.86. The Morgan fingerprint density at radius 2 is 1.50 bits per heavy atom. The van der Waals surface area contributed by atoms with Gasteiger partial charge in [0.1, 0.15) is 17.5 Å². The lowest BCUT2D eigenvalue weighted by Crippen LogP contribution is -2.49. The summed E-state index contributed by atoms with van der Waals surface area (Å²) in [5, 5.41) is 0. The van der Waals surface area contributed by atoms with E-state index in [4.69, 9.17) is 9.97 Å². The summed E-state index contributed by atoms with van der Waals surface area (Å²) in [6.07, 6.45) is 0.373. The molecule has 5 rings (SSSR count). The van der Waals surface area contributed by atoms with Crippen LogP contribution in [0.3, 0.4) is 0 Å². The lowest BCUT2D eigenvalue weighted by molar-refractivity contribution is 0.0746. The minimum absolute atomic E-state index is 0.120. The number of piperazine rings is 1. The summed E-state index contributed by atoms with van der Waals surface area (Å²) in [6, 6.07) is 22.1. The molecule has 0 bridgehead atoms. The van der Waals surface area contributed by atoms with Gasteiger partial charge in [0.05, 0.1) is 0 Å². The van der Waals surface area contributed by atoms with Crippen molar-refractivity contribution in [3.63, 3.8) is 0 Å². The first-order valence-corrected chi connectivity index (χ1v) is 12.0. The average molecular weight is 485 g/mol. The molecule has 0 unspecified atom stereocenters. The highest BCUT2D eigenvalue weighted by atomic mass is 19.1. The third-order valence-corrected chi connectivity index (χ3v) is 6.51. The quantitative estimate of drug-likeness (QED) is 0.387. The highest BCUT2D eigenvalue weighted by molar-refractivity contribution is 5.94. The van der Waals surface area contributed by atoms with Crippen molar-refractivity contribution in [3.05, 3.63) is 113 Å². The van der Waals surface area contributed by atoms with Crippen molar-refractivity contribution >= 4 is 11.7 Å². The highest BCUT2D eigenvalue weighted by Gasteiger charge is 2.26. The monoisotopic (exact) mass is 484 g/mol. The number of hydrogen-bond donors (Lipinski definition) is 0. The van der Waals surface area contributed by atoms with Crippen molar-refractivity contribution < 1.29 is 13.6 Å². The Morgan fingerprint density at radius 1 is 0.833 bits per heavy atom. The number of aryl methyl sites for hydroxylation is 1. The molecular formula is C29H26F2N4O. The predicted molar refractivity (Wildman–Crippen MR) is 136 cm³/mol. The van der Waals surface area contributed by atoms with E-state index in [0.717, 1.165) is 22.6 Å². The van der Waals surface area contributed by atoms with Gasteiger partial charge in [-0.3, -0.25) is 4.79 Å². The van der Waals surface area contributed by atoms with Crippen LogP contribution in [-0.2, 0) is 6.42 Å². The van der Waals surface area contributed by atoms with Gasteiger partial charge in [-0.2, -0.15) is 0 Å². The van der Waals surface area contributed by atoms with Crippen LogP contribution in [0.5, 0.6) is 0 Å². The zero-order chi connectivity index (χ0) is 25.1. The summed E-state index contributed by atoms with van der Waals surface area (Å²) >= 11 is 0. The number of hydrogen-bond acceptors (Lipinski definition) is 4. The summed E-state index contributed by atoms with van der Waals surface area (Å²) in [6.45, 7) is 4.07. The number of amides is 1. The summed E-state index contributed by atoms with van der Waals surface area (Å²) in [5.74, 6) is 0.630. The molecule has 0 radical (unpaired) electrons. The fraction of sp³-hybridized carbons (Fsp3) is 0.207. The molecule has 1 aromatic heterocycles. The van der Waals surface area contributed by atoms with E-state index < -0.39 is 0 Å². The number of aromatic nitrogens is 2. The minimum Gasteiger partial charge on any atom is -0.353 e. The molecule has 2 heterocycles. The number of carbonyl (C=O) groups is 1. The van der Waals surface area contributed by atoms with Crippen LogP contribution in [0, 0.1) is 18.6 Å². The van der Waals surface area contributed by atoms with Crippen LogP contribution in [0.15, 0.2) is 78.9 Å². The average Bonchev–Trinajstić information content (AvgIpc) is 2.91. The molecule has 36 heavy (non-hydrogen) atoms. The smallest absolute Gasteiger partial charge is 0.253 e. The number of benzene rings is 3. The minimum atomic E-state index is -0.368. The Kier molecular flexibility index (Phi) is 6.71. The third kappa shape index (κ3) is 4.96. The van der Waals surface area contributed by atoms with E-state index in [9.17, 15) is 13.6 Å². The predicted octanol–water partition coefficient (Wildman–Crippen LogP) is 5.28. The number of nitrogens with zero attached hydrogens (tertiary/aromatic N) is 4. The highest BCUT2D eigenvalue weighted by Crippen LogP contribution is 2.29. The van der Waals surface area contributed by atoms with Crippen molar-refractivity contribution in [1.29, 1.82) is 0 Å². The van der Waals surface area contributed by atoms with E-state index >= 15 is 0 Å². The molecule has 1 aliphatic heterocycles. The SMILES string of the molecule is Cc1nc(-c2ccccc2)nc(N2CCN(C(=O)c3ccc(F)cc3)CC2)c1Cc1ccccc1F. The maximum absolute atomic E-state index is 14.5. The van der Waals surface area contributed by atoms with E-state index in [1.807, 2.05) is 43.3 Å². The number of halogens is 2. The van der Waals surface area contributed by atoms with Gasteiger partial charge in [0.15, 0.2) is 5.82 Å². The number of anilines is 1. The van der Waals surface area contributed by atoms with Gasteiger partial charge in [-0.15, -0.1) is 0 Å². The van der Waals surface area contributed by atoms with Crippen LogP contribution in [0.2, 0.25) is 0 Å². The Balaban J connectivity index is 1.44. The van der Waals surface area contributed by atoms with Gasteiger partial charge < -0.3 is 9.80 Å². The molecule has 1 aliphatic rings. The molecule has 0 atom stereocenters. The summed E-state index contributed by atoms with van der Waals surface area (Å²) in [7, 11) is 0. The zero-order valence-corrected chi connectivity index (χ0v) is 20.0. The van der Waals surface area contributed by atoms with Crippen LogP contribution in [-0.4, -0.2) is 47.0 Å². The molecule has 5 nitrogen and oxygen atoms in total. The standard InChI is InChI=1S/C29H26F2N4O/c1-20-25(19-23-9-5-6-10-26(23)31)28(33-27(32-20)21-7-3-2-4-8-21)34-15-17-35(18-16-34)29(36)22-11-13-24(30)14-12-22/h2-14H,15-19H2,1H3. The molecular weight excluding hydrogens is 458 g/mol. The third-order valence-electron chi connectivity index (χ3n) is 6.51. The summed E-state index contributed by atoms with van der Waals surface area (Å²) < 4.78 is 27.8. The topological polar surface area (TPSA) is 49.3 Å². The Morgan fingerprint density at radius 3 is 2.19 bits per heavy atom. The van der Waals surface area contributed by atoms with Crippen LogP contribution in [0.25, 0.3) is 11.4 Å². The molecule has 7 heteroatoms. The fourth-order valence-electron chi connectivity index (χ4n) is 4.49. The lowest BCUT2D eigenvalue weighted by Gasteiger charge is -2.36. The van der Waals surface area contributed by atoms with E-state index in [1.165, 1.54) is 30.3 Å². The molecule has 0 saturated carbocycles. The van der Waals surface area contributed by atoms with E-state index in [0.29, 0.717) is 49.6 Å². The Bertz CT molecular complexity index is 1370. The fourth-order valence-corrected chi connectivity index (χ4v) is 4.49. The van der Waals surface area contributed by atoms with E-state index in [1.54, 1.807) is 17.0 Å². The second-order valence-corrected chi connectivity index (χ2v) is 8.86. The van der Waals surface area contributed by atoms with Gasteiger partial charge in [-0.1, -0.05) is 48.5 Å². The first kappa shape index (κ1) is 23.6. The lowest BCUT2D eigenvalue weighted by atomic mass is 10.0. The van der Waals surface area contributed by atoms with Gasteiger partial charge >= 0.3 is 0 Å². The van der Waals surface area contributed by atoms with Gasteiger partial charge in [0.25, 0.3) is 5.91 Å². The maximum Gasteiger partial charge on any atom is 0.253 e. The van der Waals surface area contributed by atoms with Crippen molar-refractivity contribution in [2.75, 3.05) is 31.1 Å². The van der Waals surface area contributed by atoms with Gasteiger partial charge in [-0.05, 0) is 42.8 Å². The normalized spacial score (nSPS) is 13.6. The molecule has 4 aromatic rings. The Hall–Kier alpha value is -4.13. The molecule has 182 valence electrons. The van der Waals surface area contributed by atoms with Crippen LogP contribution < -0.4 is 4.90 Å². The first-order valence-electron chi connectivity index (χ1n) is 12.0. The van der Waals surface area contributed by atoms with Gasteiger partial charge in [-0.25, -0.2) is 18.7 Å². The van der Waals surface area contributed by atoms with E-state index in [2.05, 4.69) is 4.90 Å². The molecule has 1 saturated heterocycles. The second kappa shape index (κ2) is 10.2. The molecule has 3 aromatic carbocycles. The van der Waals surface area contributed by atoms with Crippen molar-refractivity contribution in [2.45, 2.75) is 13.3 Å². The van der Waals surface area contributed by atoms with Crippen molar-refractivity contribution in [3.8, 4) is 11.4 Å². The van der Waals surface area contributed by atoms with Gasteiger partial charge in [0, 0.05) is 55.0 Å². The van der Waals surface area contributed by atoms with Gasteiger partial charge in [0.2, 0.25) is 0 Å². The molecule has 0 aliphatic carbocycles. The number of rotatable bonds is 5. The van der Waals surface area contributed by atoms with Crippen LogP contribution in [0.4, 0.5) is 14.6 Å². The summed E-state index contributed by atoms with van der Waals surface area (Å²) in [4.78, 5) is 26.5. The van der Waals surface area contributed by atoms with E-state index in [-0.39, 0.29) is 17.5 Å². The number of carbonyl (C=O) groups excluding carboxylic acids is 1. The molecule has 1 fully saturated rings. The van der Waals surface area contributed by atoms with Crippen molar-refractivity contribution in [2.24, 2.45) is 0 Å². The molecule has 1 amide bonds. The zero-order valence-electron chi connectivity index (χ0n) is 20.0. The molecule has 0 N–H and O–H groups in total. The maximum atomic E-state index is 14.5. The van der Waals surface area contributed by atoms with Crippen LogP contribution >= 0.6 is 0 Å². The largest absolute Gasteiger partial charge is 0.353 e.